The van der Waals surface area contributed by atoms with Crippen LogP contribution in [0, 0.1) is 0 Å². The minimum Gasteiger partial charge on any atom is -0.756 e. The zero-order chi connectivity index (χ0) is 37.7. The predicted octanol–water partition coefficient (Wildman–Crippen LogP) is 10.7. The molecule has 0 radical (unpaired) electrons. The molecular formula is C42H76NO7P. The van der Waals surface area contributed by atoms with E-state index in [0.29, 0.717) is 24.1 Å². The number of likely N-dealkylation sites (N-methyl/N-ethyl adjacent to an activating group) is 1. The molecule has 0 rings (SSSR count). The summed E-state index contributed by atoms with van der Waals surface area (Å²) in [5.41, 5.74) is 0. The number of unbranched alkanes of at least 4 members (excludes halogenated alkanes) is 12. The van der Waals surface area contributed by atoms with Crippen molar-refractivity contribution < 1.29 is 37.3 Å². The molecule has 0 aromatic heterocycles. The lowest BCUT2D eigenvalue weighted by Gasteiger charge is -2.28. The number of hydrogen-bond acceptors (Lipinski definition) is 7. The van der Waals surface area contributed by atoms with E-state index in [-0.39, 0.29) is 25.8 Å². The van der Waals surface area contributed by atoms with E-state index in [4.69, 9.17) is 18.5 Å². The fourth-order valence-electron chi connectivity index (χ4n) is 4.98. The van der Waals surface area contributed by atoms with Gasteiger partial charge >= 0.3 is 5.97 Å². The van der Waals surface area contributed by atoms with Gasteiger partial charge in [-0.15, -0.1) is 0 Å². The minimum atomic E-state index is -4.52. The van der Waals surface area contributed by atoms with E-state index in [0.717, 1.165) is 83.5 Å². The Morgan fingerprint density at radius 1 is 0.627 bits per heavy atom. The summed E-state index contributed by atoms with van der Waals surface area (Å²) in [5, 5.41) is 0. The maximum absolute atomic E-state index is 12.6. The molecule has 0 aliphatic rings. The Morgan fingerprint density at radius 3 is 1.71 bits per heavy atom. The highest BCUT2D eigenvalue weighted by atomic mass is 31.2. The van der Waals surface area contributed by atoms with Gasteiger partial charge < -0.3 is 27.9 Å². The lowest BCUT2D eigenvalue weighted by molar-refractivity contribution is -0.870. The molecule has 0 saturated carbocycles. The van der Waals surface area contributed by atoms with Crippen LogP contribution >= 0.6 is 7.82 Å². The van der Waals surface area contributed by atoms with E-state index in [1.807, 2.05) is 21.1 Å². The topological polar surface area (TPSA) is 94.1 Å². The van der Waals surface area contributed by atoms with Gasteiger partial charge in [0, 0.05) is 13.0 Å². The average Bonchev–Trinajstić information content (AvgIpc) is 3.08. The monoisotopic (exact) mass is 738 g/mol. The second-order valence-corrected chi connectivity index (χ2v) is 15.7. The molecule has 0 fully saturated rings. The molecule has 51 heavy (non-hydrogen) atoms. The molecular weight excluding hydrogens is 661 g/mol. The average molecular weight is 738 g/mol. The van der Waals surface area contributed by atoms with Gasteiger partial charge in [-0.3, -0.25) is 9.36 Å². The first-order valence-electron chi connectivity index (χ1n) is 20.0. The summed E-state index contributed by atoms with van der Waals surface area (Å²) in [5.74, 6) is -0.357. The maximum atomic E-state index is 12.6. The highest BCUT2D eigenvalue weighted by Crippen LogP contribution is 2.38. The number of carbonyl (C=O) groups excluding carboxylic acids is 1. The number of phosphoric acid groups is 1. The van der Waals surface area contributed by atoms with Crippen LogP contribution in [0.3, 0.4) is 0 Å². The van der Waals surface area contributed by atoms with Gasteiger partial charge in [-0.1, -0.05) is 139 Å². The lowest BCUT2D eigenvalue weighted by atomic mass is 10.1. The Hall–Kier alpha value is -1.80. The number of phosphoric ester groups is 1. The zero-order valence-corrected chi connectivity index (χ0v) is 34.2. The van der Waals surface area contributed by atoms with Crippen molar-refractivity contribution in [3.63, 3.8) is 0 Å². The zero-order valence-electron chi connectivity index (χ0n) is 33.3. The minimum absolute atomic E-state index is 0.0198. The van der Waals surface area contributed by atoms with Crippen LogP contribution in [0.25, 0.3) is 0 Å². The quantitative estimate of drug-likeness (QED) is 0.0208. The van der Waals surface area contributed by atoms with Gasteiger partial charge in [-0.25, -0.2) is 0 Å². The van der Waals surface area contributed by atoms with Crippen molar-refractivity contribution in [3.05, 3.63) is 60.8 Å². The molecule has 0 amide bonds. The summed E-state index contributed by atoms with van der Waals surface area (Å²) in [6.07, 6.45) is 42.3. The van der Waals surface area contributed by atoms with Crippen molar-refractivity contribution in [1.82, 2.24) is 0 Å². The van der Waals surface area contributed by atoms with Crippen LogP contribution < -0.4 is 4.89 Å². The smallest absolute Gasteiger partial charge is 0.306 e. The fraction of sp³-hybridized carbons (Fsp3) is 0.738. The number of nitrogens with zero attached hydrogens (tertiary/aromatic N) is 1. The Morgan fingerprint density at radius 2 is 1.14 bits per heavy atom. The van der Waals surface area contributed by atoms with Gasteiger partial charge in [-0.2, -0.15) is 0 Å². The summed E-state index contributed by atoms with van der Waals surface area (Å²) in [7, 11) is 1.33. The van der Waals surface area contributed by atoms with Crippen LogP contribution in [-0.4, -0.2) is 70.7 Å². The van der Waals surface area contributed by atoms with Crippen molar-refractivity contribution in [2.24, 2.45) is 0 Å². The summed E-state index contributed by atoms with van der Waals surface area (Å²) >= 11 is 0. The number of allylic oxidation sites excluding steroid dienone is 10. The van der Waals surface area contributed by atoms with Gasteiger partial charge in [0.2, 0.25) is 0 Å². The highest BCUT2D eigenvalue weighted by molar-refractivity contribution is 7.45. The molecule has 0 aromatic carbocycles. The number of rotatable bonds is 36. The standard InChI is InChI=1S/C42H76NO7P/c1-6-8-10-12-14-16-17-18-19-20-21-22-23-24-25-26-27-28-29-31-33-35-42(44)50-41(39-47-37-34-32-30-15-13-11-9-7-2)40-49-51(45,46)48-38-36-43(3,4)5/h8,10,14,16,18-19,21-22,24-25,41H,6-7,9,11-13,15,17,20,23,26-40H2,1-5H3/b10-8-,16-14-,19-18-,22-21-,25-24-. The number of esters is 1. The van der Waals surface area contributed by atoms with E-state index < -0.39 is 13.9 Å². The highest BCUT2D eigenvalue weighted by Gasteiger charge is 2.20. The van der Waals surface area contributed by atoms with Crippen molar-refractivity contribution >= 4 is 13.8 Å². The molecule has 2 unspecified atom stereocenters. The van der Waals surface area contributed by atoms with Gasteiger partial charge in [0.1, 0.15) is 19.3 Å². The third-order valence-electron chi connectivity index (χ3n) is 8.08. The first-order valence-corrected chi connectivity index (χ1v) is 21.5. The SMILES string of the molecule is CC/C=C\C/C=C\C/C=C\C/C=C\C/C=C\CCCCCCCC(=O)OC(COCCCCCCCCCC)COP(=O)([O-])OCC[N+](C)(C)C. The summed E-state index contributed by atoms with van der Waals surface area (Å²) in [4.78, 5) is 24.9. The molecule has 0 aliphatic carbocycles. The van der Waals surface area contributed by atoms with Crippen LogP contribution in [0.4, 0.5) is 0 Å². The first kappa shape index (κ1) is 49.2. The van der Waals surface area contributed by atoms with Crippen LogP contribution in [-0.2, 0) is 27.9 Å². The molecule has 0 aliphatic heterocycles. The molecule has 9 heteroatoms. The second kappa shape index (κ2) is 35.2. The number of hydrogen-bond donors (Lipinski definition) is 0. The summed E-state index contributed by atoms with van der Waals surface area (Å²) in [6.45, 7) is 5.22. The Bertz CT molecular complexity index is 1000. The molecule has 0 heterocycles. The lowest BCUT2D eigenvalue weighted by Crippen LogP contribution is -2.37. The Balaban J connectivity index is 4.24. The summed E-state index contributed by atoms with van der Waals surface area (Å²) < 4.78 is 34.4. The fourth-order valence-corrected chi connectivity index (χ4v) is 5.71. The molecule has 0 spiro atoms. The van der Waals surface area contributed by atoms with Gasteiger partial charge in [0.15, 0.2) is 0 Å². The Labute approximate surface area is 313 Å². The van der Waals surface area contributed by atoms with Crippen LogP contribution in [0.5, 0.6) is 0 Å². The normalized spacial score (nSPS) is 14.5. The third-order valence-corrected chi connectivity index (χ3v) is 9.05. The Kier molecular flexibility index (Phi) is 34.0. The molecule has 0 aromatic rings. The third kappa shape index (κ3) is 39.2. The number of ether oxygens (including phenoxy) is 2. The van der Waals surface area contributed by atoms with Crippen LogP contribution in [0.2, 0.25) is 0 Å². The van der Waals surface area contributed by atoms with E-state index in [1.165, 1.54) is 38.5 Å². The van der Waals surface area contributed by atoms with E-state index in [1.54, 1.807) is 0 Å². The van der Waals surface area contributed by atoms with Crippen LogP contribution in [0.1, 0.15) is 142 Å². The molecule has 0 saturated heterocycles. The van der Waals surface area contributed by atoms with E-state index in [9.17, 15) is 14.3 Å². The van der Waals surface area contributed by atoms with Crippen molar-refractivity contribution in [3.8, 4) is 0 Å². The largest absolute Gasteiger partial charge is 0.756 e. The van der Waals surface area contributed by atoms with Gasteiger partial charge in [0.25, 0.3) is 7.82 Å². The summed E-state index contributed by atoms with van der Waals surface area (Å²) in [6, 6.07) is 0. The molecule has 8 nitrogen and oxygen atoms in total. The van der Waals surface area contributed by atoms with Crippen molar-refractivity contribution in [2.75, 3.05) is 54.1 Å². The van der Waals surface area contributed by atoms with Gasteiger partial charge in [0.05, 0.1) is 34.4 Å². The molecule has 296 valence electrons. The van der Waals surface area contributed by atoms with E-state index in [2.05, 4.69) is 74.6 Å². The molecule has 0 N–H and O–H groups in total. The second-order valence-electron chi connectivity index (χ2n) is 14.3. The maximum Gasteiger partial charge on any atom is 0.306 e. The van der Waals surface area contributed by atoms with Crippen molar-refractivity contribution in [1.29, 1.82) is 0 Å². The number of quaternary nitrogens is 1. The van der Waals surface area contributed by atoms with Crippen LogP contribution in [0.15, 0.2) is 60.8 Å². The molecule has 2 atom stereocenters. The predicted molar refractivity (Wildman–Crippen MR) is 212 cm³/mol. The van der Waals surface area contributed by atoms with Gasteiger partial charge in [-0.05, 0) is 57.8 Å². The van der Waals surface area contributed by atoms with E-state index >= 15 is 0 Å². The number of carbonyl (C=O) groups is 1. The first-order chi connectivity index (χ1) is 24.6. The van der Waals surface area contributed by atoms with Crippen molar-refractivity contribution in [2.45, 2.75) is 148 Å². The molecule has 0 bridgehead atoms.